The number of nitrogens with two attached hydrogens (primary N) is 1. The summed E-state index contributed by atoms with van der Waals surface area (Å²) in [6.45, 7) is 4.07. The first kappa shape index (κ1) is 11.9. The minimum atomic E-state index is 0.252. The zero-order valence-corrected chi connectivity index (χ0v) is 9.99. The van der Waals surface area contributed by atoms with E-state index in [1.807, 2.05) is 18.2 Å². The Morgan fingerprint density at radius 2 is 2.12 bits per heavy atom. The molecule has 3 nitrogen and oxygen atoms in total. The average Bonchev–Trinajstić information content (AvgIpc) is 2.31. The number of hydrogen-bond acceptors (Lipinski definition) is 3. The van der Waals surface area contributed by atoms with Crippen LogP contribution in [0.25, 0.3) is 0 Å². The van der Waals surface area contributed by atoms with Crippen molar-refractivity contribution in [3.63, 3.8) is 0 Å². The van der Waals surface area contributed by atoms with Crippen molar-refractivity contribution in [1.29, 1.82) is 0 Å². The van der Waals surface area contributed by atoms with Crippen LogP contribution in [0.3, 0.4) is 0 Å². The summed E-state index contributed by atoms with van der Waals surface area (Å²) in [5, 5.41) is 0.768. The summed E-state index contributed by atoms with van der Waals surface area (Å²) in [7, 11) is 0. The van der Waals surface area contributed by atoms with Crippen LogP contribution < -0.4 is 5.73 Å². The number of morpholine rings is 1. The predicted molar refractivity (Wildman–Crippen MR) is 65.6 cm³/mol. The summed E-state index contributed by atoms with van der Waals surface area (Å²) in [6.07, 6.45) is 0. The molecule has 0 aliphatic carbocycles. The van der Waals surface area contributed by atoms with Crippen molar-refractivity contribution in [3.05, 3.63) is 34.9 Å². The van der Waals surface area contributed by atoms with Crippen molar-refractivity contribution in [2.24, 2.45) is 5.73 Å². The maximum absolute atomic E-state index is 6.00. The highest BCUT2D eigenvalue weighted by atomic mass is 35.5. The van der Waals surface area contributed by atoms with Crippen LogP contribution in [0.5, 0.6) is 0 Å². The van der Waals surface area contributed by atoms with Crippen LogP contribution in [0.1, 0.15) is 11.6 Å². The monoisotopic (exact) mass is 240 g/mol. The molecule has 0 saturated carbocycles. The first-order chi connectivity index (χ1) is 7.81. The topological polar surface area (TPSA) is 38.5 Å². The first-order valence-electron chi connectivity index (χ1n) is 5.58. The lowest BCUT2D eigenvalue weighted by atomic mass is 10.1. The van der Waals surface area contributed by atoms with E-state index in [9.17, 15) is 0 Å². The number of hydrogen-bond donors (Lipinski definition) is 1. The van der Waals surface area contributed by atoms with Gasteiger partial charge in [0.25, 0.3) is 0 Å². The molecule has 2 N–H and O–H groups in total. The molecule has 4 heteroatoms. The average molecular weight is 241 g/mol. The molecule has 1 aromatic rings. The molecular weight excluding hydrogens is 224 g/mol. The van der Waals surface area contributed by atoms with E-state index in [1.165, 1.54) is 5.56 Å². The summed E-state index contributed by atoms with van der Waals surface area (Å²) in [6, 6.07) is 8.19. The van der Waals surface area contributed by atoms with Crippen molar-refractivity contribution in [1.82, 2.24) is 4.90 Å². The van der Waals surface area contributed by atoms with E-state index in [-0.39, 0.29) is 6.04 Å². The van der Waals surface area contributed by atoms with Crippen LogP contribution in [-0.4, -0.2) is 37.7 Å². The van der Waals surface area contributed by atoms with Crippen LogP contribution >= 0.6 is 11.6 Å². The second kappa shape index (κ2) is 5.64. The van der Waals surface area contributed by atoms with Gasteiger partial charge in [0.15, 0.2) is 0 Å². The molecule has 1 saturated heterocycles. The fraction of sp³-hybridized carbons (Fsp3) is 0.500. The zero-order valence-electron chi connectivity index (χ0n) is 9.23. The standard InChI is InChI=1S/C12H17ClN2O/c13-11-3-1-2-10(8-11)12(9-14)15-4-6-16-7-5-15/h1-3,8,12H,4-7,9,14H2/t12-/m0/s1. The summed E-state index contributed by atoms with van der Waals surface area (Å²) >= 11 is 6.00. The molecule has 1 fully saturated rings. The molecular formula is C12H17ClN2O. The Balaban J connectivity index is 2.14. The molecule has 1 atom stereocenters. The Hall–Kier alpha value is -0.610. The van der Waals surface area contributed by atoms with E-state index in [4.69, 9.17) is 22.1 Å². The van der Waals surface area contributed by atoms with Gasteiger partial charge in [0.2, 0.25) is 0 Å². The van der Waals surface area contributed by atoms with Crippen LogP contribution in [0, 0.1) is 0 Å². The number of halogens is 1. The predicted octanol–water partition coefficient (Wildman–Crippen LogP) is 1.67. The van der Waals surface area contributed by atoms with E-state index >= 15 is 0 Å². The van der Waals surface area contributed by atoms with Gasteiger partial charge in [-0.2, -0.15) is 0 Å². The second-order valence-electron chi connectivity index (χ2n) is 3.95. The Bertz CT molecular complexity index is 340. The number of benzene rings is 1. The van der Waals surface area contributed by atoms with Crippen LogP contribution in [0.4, 0.5) is 0 Å². The highest BCUT2D eigenvalue weighted by molar-refractivity contribution is 6.30. The molecule has 0 radical (unpaired) electrons. The van der Waals surface area contributed by atoms with Gasteiger partial charge in [0, 0.05) is 30.7 Å². The molecule has 0 unspecified atom stereocenters. The largest absolute Gasteiger partial charge is 0.379 e. The summed E-state index contributed by atoms with van der Waals surface area (Å²) in [5.74, 6) is 0. The van der Waals surface area contributed by atoms with E-state index in [2.05, 4.69) is 11.0 Å². The van der Waals surface area contributed by atoms with Crippen molar-refractivity contribution in [3.8, 4) is 0 Å². The Labute approximate surface area is 101 Å². The lowest BCUT2D eigenvalue weighted by Gasteiger charge is -2.34. The van der Waals surface area contributed by atoms with Gasteiger partial charge in [0.05, 0.1) is 13.2 Å². The fourth-order valence-corrected chi connectivity index (χ4v) is 2.30. The van der Waals surface area contributed by atoms with Gasteiger partial charge < -0.3 is 10.5 Å². The van der Waals surface area contributed by atoms with Crippen molar-refractivity contribution in [2.75, 3.05) is 32.8 Å². The van der Waals surface area contributed by atoms with Gasteiger partial charge in [-0.05, 0) is 17.7 Å². The van der Waals surface area contributed by atoms with Gasteiger partial charge in [-0.3, -0.25) is 4.90 Å². The molecule has 0 bridgehead atoms. The minimum Gasteiger partial charge on any atom is -0.379 e. The third kappa shape index (κ3) is 2.74. The molecule has 0 amide bonds. The lowest BCUT2D eigenvalue weighted by Crippen LogP contribution is -2.41. The number of nitrogens with zero attached hydrogens (tertiary/aromatic N) is 1. The number of ether oxygens (including phenoxy) is 1. The Kier molecular flexibility index (Phi) is 4.18. The molecule has 88 valence electrons. The summed E-state index contributed by atoms with van der Waals surface area (Å²) < 4.78 is 5.35. The van der Waals surface area contributed by atoms with E-state index < -0.39 is 0 Å². The van der Waals surface area contributed by atoms with E-state index in [0.717, 1.165) is 31.3 Å². The molecule has 2 rings (SSSR count). The first-order valence-corrected chi connectivity index (χ1v) is 5.96. The van der Waals surface area contributed by atoms with E-state index in [0.29, 0.717) is 6.54 Å². The highest BCUT2D eigenvalue weighted by Crippen LogP contribution is 2.23. The van der Waals surface area contributed by atoms with Crippen LogP contribution in [0.15, 0.2) is 24.3 Å². The molecule has 1 aromatic carbocycles. The van der Waals surface area contributed by atoms with Crippen molar-refractivity contribution >= 4 is 11.6 Å². The lowest BCUT2D eigenvalue weighted by molar-refractivity contribution is 0.0179. The summed E-state index contributed by atoms with van der Waals surface area (Å²) in [4.78, 5) is 2.36. The van der Waals surface area contributed by atoms with Gasteiger partial charge in [-0.15, -0.1) is 0 Å². The van der Waals surface area contributed by atoms with Crippen LogP contribution in [-0.2, 0) is 4.74 Å². The maximum Gasteiger partial charge on any atom is 0.0594 e. The van der Waals surface area contributed by atoms with Gasteiger partial charge in [-0.25, -0.2) is 0 Å². The minimum absolute atomic E-state index is 0.252. The molecule has 1 aliphatic rings. The third-order valence-electron chi connectivity index (χ3n) is 2.94. The smallest absolute Gasteiger partial charge is 0.0594 e. The number of rotatable bonds is 3. The second-order valence-corrected chi connectivity index (χ2v) is 4.39. The van der Waals surface area contributed by atoms with Gasteiger partial charge >= 0.3 is 0 Å². The Morgan fingerprint density at radius 1 is 1.38 bits per heavy atom. The maximum atomic E-state index is 6.00. The normalized spacial score (nSPS) is 19.6. The molecule has 0 spiro atoms. The van der Waals surface area contributed by atoms with E-state index in [1.54, 1.807) is 0 Å². The van der Waals surface area contributed by atoms with Gasteiger partial charge in [0.1, 0.15) is 0 Å². The zero-order chi connectivity index (χ0) is 11.4. The van der Waals surface area contributed by atoms with Crippen molar-refractivity contribution in [2.45, 2.75) is 6.04 Å². The third-order valence-corrected chi connectivity index (χ3v) is 3.18. The quantitative estimate of drug-likeness (QED) is 0.874. The highest BCUT2D eigenvalue weighted by Gasteiger charge is 2.21. The Morgan fingerprint density at radius 3 is 2.75 bits per heavy atom. The molecule has 1 aliphatic heterocycles. The molecule has 16 heavy (non-hydrogen) atoms. The van der Waals surface area contributed by atoms with Gasteiger partial charge in [-0.1, -0.05) is 23.7 Å². The fourth-order valence-electron chi connectivity index (χ4n) is 2.10. The molecule has 1 heterocycles. The molecule has 0 aromatic heterocycles. The summed E-state index contributed by atoms with van der Waals surface area (Å²) in [5.41, 5.74) is 7.05. The SMILES string of the molecule is NC[C@@H](c1cccc(Cl)c1)N1CCOCC1. The van der Waals surface area contributed by atoms with Crippen LogP contribution in [0.2, 0.25) is 5.02 Å². The van der Waals surface area contributed by atoms with Crippen molar-refractivity contribution < 1.29 is 4.74 Å².